The standard InChI is InChI=1S/C24H31F2N3/c1-6-10-24(29-18(5)28-12-7-2)20(11-13-27-9-4)14-19(8-3)21-15-22(25)17-23(26)16-21/h6,9-11,13-17,19,27-28H,4-5,7-8,12H2,1-3H3/b10-6-,13-11-,20-14+,29-24?. The Hall–Kier alpha value is -2.95. The Morgan fingerprint density at radius 3 is 2.41 bits per heavy atom. The maximum Gasteiger partial charge on any atom is 0.126 e. The van der Waals surface area contributed by atoms with E-state index in [-0.39, 0.29) is 5.92 Å². The zero-order valence-electron chi connectivity index (χ0n) is 17.5. The van der Waals surface area contributed by atoms with Crippen LogP contribution in [0.25, 0.3) is 0 Å². The Kier molecular flexibility index (Phi) is 11.0. The van der Waals surface area contributed by atoms with Crippen molar-refractivity contribution in [2.24, 2.45) is 4.99 Å². The summed E-state index contributed by atoms with van der Waals surface area (Å²) in [5.74, 6) is -0.801. The summed E-state index contributed by atoms with van der Waals surface area (Å²) in [5, 5.41) is 6.08. The van der Waals surface area contributed by atoms with E-state index in [9.17, 15) is 8.78 Å². The third kappa shape index (κ3) is 8.73. The van der Waals surface area contributed by atoms with Crippen molar-refractivity contribution in [2.45, 2.75) is 39.5 Å². The molecule has 0 saturated heterocycles. The molecule has 1 aromatic carbocycles. The fraction of sp³-hybridized carbons (Fsp3) is 0.292. The van der Waals surface area contributed by atoms with Crippen LogP contribution in [-0.4, -0.2) is 12.3 Å². The summed E-state index contributed by atoms with van der Waals surface area (Å²) in [6, 6.07) is 3.61. The molecule has 0 heterocycles. The lowest BCUT2D eigenvalue weighted by molar-refractivity contribution is 0.576. The molecule has 0 spiro atoms. The molecular weight excluding hydrogens is 368 g/mol. The lowest BCUT2D eigenvalue weighted by Crippen LogP contribution is -2.13. The molecule has 156 valence electrons. The van der Waals surface area contributed by atoms with Crippen molar-refractivity contribution in [2.75, 3.05) is 6.54 Å². The number of nitrogens with one attached hydrogen (secondary N) is 2. The molecule has 0 aliphatic heterocycles. The van der Waals surface area contributed by atoms with Crippen LogP contribution < -0.4 is 10.6 Å². The van der Waals surface area contributed by atoms with Gasteiger partial charge in [0.05, 0.1) is 5.71 Å². The first kappa shape index (κ1) is 24.1. The maximum atomic E-state index is 13.7. The number of benzene rings is 1. The first-order chi connectivity index (χ1) is 13.9. The largest absolute Gasteiger partial charge is 0.371 e. The minimum Gasteiger partial charge on any atom is -0.371 e. The molecule has 0 aliphatic rings. The molecule has 29 heavy (non-hydrogen) atoms. The SMILES string of the molecule is C=CN/C=C\C(=C/C(CC)c1cc(F)cc(F)c1)C(/C=C\C)=NC(=C)NCCC. The molecule has 1 rings (SSSR count). The van der Waals surface area contributed by atoms with Gasteiger partial charge in [-0.3, -0.25) is 0 Å². The highest BCUT2D eigenvalue weighted by Gasteiger charge is 2.12. The summed E-state index contributed by atoms with van der Waals surface area (Å²) in [6.07, 6.45) is 12.5. The van der Waals surface area contributed by atoms with E-state index in [0.29, 0.717) is 23.5 Å². The minimum absolute atomic E-state index is 0.184. The van der Waals surface area contributed by atoms with Crippen molar-refractivity contribution in [3.63, 3.8) is 0 Å². The molecule has 0 bridgehead atoms. The Bertz CT molecular complexity index is 784. The third-order valence-electron chi connectivity index (χ3n) is 4.07. The van der Waals surface area contributed by atoms with E-state index in [4.69, 9.17) is 0 Å². The number of nitrogens with zero attached hydrogens (tertiary/aromatic N) is 1. The molecule has 3 nitrogen and oxygen atoms in total. The van der Waals surface area contributed by atoms with Gasteiger partial charge in [0.25, 0.3) is 0 Å². The summed E-state index contributed by atoms with van der Waals surface area (Å²) >= 11 is 0. The van der Waals surface area contributed by atoms with Gasteiger partial charge < -0.3 is 10.6 Å². The average molecular weight is 400 g/mol. The fourth-order valence-electron chi connectivity index (χ4n) is 2.70. The zero-order chi connectivity index (χ0) is 21.6. The summed E-state index contributed by atoms with van der Waals surface area (Å²) in [7, 11) is 0. The van der Waals surface area contributed by atoms with E-state index < -0.39 is 11.6 Å². The highest BCUT2D eigenvalue weighted by molar-refractivity contribution is 6.10. The van der Waals surface area contributed by atoms with Gasteiger partial charge in [0.2, 0.25) is 0 Å². The van der Waals surface area contributed by atoms with Gasteiger partial charge >= 0.3 is 0 Å². The van der Waals surface area contributed by atoms with Gasteiger partial charge in [-0.05, 0) is 61.4 Å². The first-order valence-corrected chi connectivity index (χ1v) is 9.80. The monoisotopic (exact) mass is 399 g/mol. The van der Waals surface area contributed by atoms with Gasteiger partial charge in [0.1, 0.15) is 17.5 Å². The third-order valence-corrected chi connectivity index (χ3v) is 4.07. The number of rotatable bonds is 12. The Morgan fingerprint density at radius 1 is 1.17 bits per heavy atom. The second-order valence-electron chi connectivity index (χ2n) is 6.41. The normalized spacial score (nSPS) is 13.7. The predicted octanol–water partition coefficient (Wildman–Crippen LogP) is 6.12. The molecule has 0 aliphatic carbocycles. The minimum atomic E-state index is -0.586. The Morgan fingerprint density at radius 2 is 1.86 bits per heavy atom. The van der Waals surface area contributed by atoms with E-state index in [1.165, 1.54) is 12.1 Å². The summed E-state index contributed by atoms with van der Waals surface area (Å²) < 4.78 is 27.5. The van der Waals surface area contributed by atoms with Crippen LogP contribution in [0.5, 0.6) is 0 Å². The van der Waals surface area contributed by atoms with E-state index >= 15 is 0 Å². The van der Waals surface area contributed by atoms with Crippen LogP contribution in [0.3, 0.4) is 0 Å². The highest BCUT2D eigenvalue weighted by atomic mass is 19.1. The lowest BCUT2D eigenvalue weighted by Gasteiger charge is -2.14. The van der Waals surface area contributed by atoms with Crippen LogP contribution in [0.15, 0.2) is 84.4 Å². The quantitative estimate of drug-likeness (QED) is 0.328. The molecule has 5 heteroatoms. The van der Waals surface area contributed by atoms with E-state index in [1.807, 2.05) is 38.2 Å². The van der Waals surface area contributed by atoms with Crippen molar-refractivity contribution in [1.29, 1.82) is 0 Å². The van der Waals surface area contributed by atoms with E-state index in [2.05, 4.69) is 35.7 Å². The predicted molar refractivity (Wildman–Crippen MR) is 120 cm³/mol. The van der Waals surface area contributed by atoms with Crippen molar-refractivity contribution < 1.29 is 8.78 Å². The number of hydrogen-bond donors (Lipinski definition) is 2. The molecular formula is C24H31F2N3. The van der Waals surface area contributed by atoms with Gasteiger partial charge in [-0.1, -0.05) is 39.2 Å². The molecule has 0 fully saturated rings. The van der Waals surface area contributed by atoms with E-state index in [0.717, 1.165) is 24.6 Å². The summed E-state index contributed by atoms with van der Waals surface area (Å²) in [5.41, 5.74) is 2.07. The zero-order valence-corrected chi connectivity index (χ0v) is 17.5. The summed E-state index contributed by atoms with van der Waals surface area (Å²) in [6.45, 7) is 14.3. The van der Waals surface area contributed by atoms with Gasteiger partial charge in [0, 0.05) is 24.7 Å². The van der Waals surface area contributed by atoms with Crippen molar-refractivity contribution in [3.05, 3.63) is 96.7 Å². The molecule has 2 N–H and O–H groups in total. The molecule has 1 aromatic rings. The van der Waals surface area contributed by atoms with Gasteiger partial charge in [-0.2, -0.15) is 0 Å². The van der Waals surface area contributed by atoms with Gasteiger partial charge in [0.15, 0.2) is 0 Å². The number of aliphatic imine (C=N–C) groups is 1. The van der Waals surface area contributed by atoms with Gasteiger partial charge in [-0.25, -0.2) is 13.8 Å². The van der Waals surface area contributed by atoms with Crippen molar-refractivity contribution >= 4 is 5.71 Å². The van der Waals surface area contributed by atoms with Crippen LogP contribution in [0.2, 0.25) is 0 Å². The highest BCUT2D eigenvalue weighted by Crippen LogP contribution is 2.25. The molecule has 0 saturated carbocycles. The van der Waals surface area contributed by atoms with Crippen LogP contribution in [-0.2, 0) is 0 Å². The molecule has 0 amide bonds. The van der Waals surface area contributed by atoms with Crippen LogP contribution in [0.1, 0.15) is 45.1 Å². The fourth-order valence-corrected chi connectivity index (χ4v) is 2.70. The molecule has 0 aromatic heterocycles. The van der Waals surface area contributed by atoms with Gasteiger partial charge in [-0.15, -0.1) is 0 Å². The Balaban J connectivity index is 3.42. The summed E-state index contributed by atoms with van der Waals surface area (Å²) in [4.78, 5) is 4.60. The second-order valence-corrected chi connectivity index (χ2v) is 6.41. The second kappa shape index (κ2) is 13.3. The first-order valence-electron chi connectivity index (χ1n) is 9.80. The average Bonchev–Trinajstić information content (AvgIpc) is 2.68. The van der Waals surface area contributed by atoms with Crippen LogP contribution >= 0.6 is 0 Å². The van der Waals surface area contributed by atoms with Crippen LogP contribution in [0, 0.1) is 11.6 Å². The maximum absolute atomic E-state index is 13.7. The number of hydrogen-bond acceptors (Lipinski definition) is 3. The smallest absolute Gasteiger partial charge is 0.126 e. The molecule has 1 atom stereocenters. The Labute approximate surface area is 173 Å². The number of halogens is 2. The molecule has 1 unspecified atom stereocenters. The van der Waals surface area contributed by atoms with Crippen LogP contribution in [0.4, 0.5) is 8.78 Å². The topological polar surface area (TPSA) is 36.4 Å². The van der Waals surface area contributed by atoms with E-state index in [1.54, 1.807) is 12.4 Å². The molecule has 0 radical (unpaired) electrons. The van der Waals surface area contributed by atoms with Crippen molar-refractivity contribution in [1.82, 2.24) is 10.6 Å². The van der Waals surface area contributed by atoms with Crippen molar-refractivity contribution in [3.8, 4) is 0 Å². The number of allylic oxidation sites excluding steroid dienone is 5. The lowest BCUT2D eigenvalue weighted by atomic mass is 9.92.